The SMILES string of the molecule is Cc1cc(C)c(S(=O)(=O)NC(CNC(=O)COC2CC(C(N)c3ccccn3)N(C(=O)C(F)(F)C(F)(F)C(F)(F)C(F)(F)C(F)(F)C(F)(F)C(F)(F)F)C2)C(=O)O)c(C)c1. The number of sulfonamides is 1. The van der Waals surface area contributed by atoms with Gasteiger partial charge in [-0.15, -0.1) is 0 Å². The highest BCUT2D eigenvalue weighted by Gasteiger charge is 2.94. The molecule has 3 rings (SSSR count). The van der Waals surface area contributed by atoms with Gasteiger partial charge in [0.25, 0.3) is 5.91 Å². The molecule has 0 aliphatic carbocycles. The number of nitrogens with one attached hydrogen (secondary N) is 2. The molecule has 2 aromatic rings. The van der Waals surface area contributed by atoms with Crippen molar-refractivity contribution in [1.29, 1.82) is 0 Å². The predicted octanol–water partition coefficient (Wildman–Crippen LogP) is 4.91. The van der Waals surface area contributed by atoms with Crippen molar-refractivity contribution >= 4 is 27.8 Å². The van der Waals surface area contributed by atoms with Crippen LogP contribution >= 0.6 is 0 Å². The van der Waals surface area contributed by atoms with E-state index in [1.54, 1.807) is 6.92 Å². The predicted molar refractivity (Wildman–Crippen MR) is 172 cm³/mol. The summed E-state index contributed by atoms with van der Waals surface area (Å²) in [6, 6.07) is 0.332. The lowest BCUT2D eigenvalue weighted by Crippen LogP contribution is -2.74. The zero-order chi connectivity index (χ0) is 46.4. The van der Waals surface area contributed by atoms with Crippen molar-refractivity contribution in [2.45, 2.75) is 98.0 Å². The molecule has 60 heavy (non-hydrogen) atoms. The van der Waals surface area contributed by atoms with Crippen molar-refractivity contribution in [1.82, 2.24) is 19.9 Å². The number of nitrogens with zero attached hydrogens (tertiary/aromatic N) is 2. The third-order valence-corrected chi connectivity index (χ3v) is 10.8. The number of aryl methyl sites for hydroxylation is 3. The fraction of sp³-hybridized carbons (Fsp3) is 0.562. The molecule has 1 aliphatic rings. The number of rotatable bonds is 17. The summed E-state index contributed by atoms with van der Waals surface area (Å²) < 4.78 is 242. The molecule has 4 atom stereocenters. The molecule has 1 aromatic heterocycles. The molecule has 1 aromatic carbocycles. The van der Waals surface area contributed by atoms with Crippen LogP contribution in [0.3, 0.4) is 0 Å². The number of carbonyl (C=O) groups excluding carboxylic acids is 2. The second kappa shape index (κ2) is 16.8. The first-order chi connectivity index (χ1) is 27.0. The summed E-state index contributed by atoms with van der Waals surface area (Å²) >= 11 is 0. The van der Waals surface area contributed by atoms with Gasteiger partial charge in [0.05, 0.1) is 28.8 Å². The molecule has 338 valence electrons. The van der Waals surface area contributed by atoms with Crippen molar-refractivity contribution in [2.75, 3.05) is 19.7 Å². The fourth-order valence-corrected chi connectivity index (χ4v) is 7.69. The first-order valence-corrected chi connectivity index (χ1v) is 18.0. The Labute approximate surface area is 328 Å². The molecule has 28 heteroatoms. The maximum atomic E-state index is 15.1. The average molecular weight is 916 g/mol. The standard InChI is InChI=1S/C32H32F15N5O7S/c1-14-8-15(2)23(16(3)9-14)60(57,58)51-19(24(54)55)11-50-21(53)13-59-17-10-20(22(48)18-6-4-5-7-49-18)52(12-17)25(56)26(33,34)27(35,36)28(37,38)29(39,40)30(41,42)31(43,44)32(45,46)47/h4-9,17,19-20,22,51H,10-13,48H2,1-3H3,(H,50,53)(H,54,55). The highest BCUT2D eigenvalue weighted by Crippen LogP contribution is 2.62. The molecular formula is C32H32F15N5O7S. The zero-order valence-corrected chi connectivity index (χ0v) is 31.4. The van der Waals surface area contributed by atoms with E-state index in [1.165, 1.54) is 38.1 Å². The third-order valence-electron chi connectivity index (χ3n) is 9.03. The van der Waals surface area contributed by atoms with Crippen LogP contribution in [-0.2, 0) is 29.1 Å². The first-order valence-electron chi connectivity index (χ1n) is 16.5. The van der Waals surface area contributed by atoms with Gasteiger partial charge in [0.15, 0.2) is 0 Å². The third kappa shape index (κ3) is 8.95. The van der Waals surface area contributed by atoms with E-state index >= 15 is 8.78 Å². The molecule has 12 nitrogen and oxygen atoms in total. The minimum absolute atomic E-state index is 0.229. The summed E-state index contributed by atoms with van der Waals surface area (Å²) in [4.78, 5) is 40.3. The van der Waals surface area contributed by atoms with Gasteiger partial charge in [-0.1, -0.05) is 23.8 Å². The van der Waals surface area contributed by atoms with Crippen molar-refractivity contribution < 1.29 is 98.5 Å². The van der Waals surface area contributed by atoms with Crippen molar-refractivity contribution in [3.05, 3.63) is 58.9 Å². The summed E-state index contributed by atoms with van der Waals surface area (Å²) in [5.74, 6) is -56.2. The molecule has 4 unspecified atom stereocenters. The number of carboxylic acids is 1. The number of benzene rings is 1. The van der Waals surface area contributed by atoms with Crippen molar-refractivity contribution in [2.24, 2.45) is 5.73 Å². The summed E-state index contributed by atoms with van der Waals surface area (Å²) in [7, 11) is -4.55. The lowest BCUT2D eigenvalue weighted by atomic mass is 9.90. The highest BCUT2D eigenvalue weighted by molar-refractivity contribution is 7.89. The van der Waals surface area contributed by atoms with Gasteiger partial charge in [-0.3, -0.25) is 19.4 Å². The van der Waals surface area contributed by atoms with Gasteiger partial charge in [0.2, 0.25) is 15.9 Å². The minimum atomic E-state index is -8.64. The van der Waals surface area contributed by atoms with Crippen LogP contribution in [0, 0.1) is 20.8 Å². The number of alkyl halides is 15. The van der Waals surface area contributed by atoms with Gasteiger partial charge < -0.3 is 25.8 Å². The second-order valence-corrected chi connectivity index (χ2v) is 15.1. The minimum Gasteiger partial charge on any atom is -0.480 e. The van der Waals surface area contributed by atoms with Crippen molar-refractivity contribution in [3.63, 3.8) is 0 Å². The molecule has 0 radical (unpaired) electrons. The quantitative estimate of drug-likeness (QED) is 0.160. The Morgan fingerprint density at radius 2 is 1.38 bits per heavy atom. The van der Waals surface area contributed by atoms with Crippen molar-refractivity contribution in [3.8, 4) is 0 Å². The monoisotopic (exact) mass is 915 g/mol. The van der Waals surface area contributed by atoms with Crippen LogP contribution in [-0.4, -0.2) is 121 Å². The Hall–Kier alpha value is -4.44. The van der Waals surface area contributed by atoms with E-state index in [-0.39, 0.29) is 21.7 Å². The summed E-state index contributed by atoms with van der Waals surface area (Å²) in [6.45, 7) is 0.779. The largest absolute Gasteiger partial charge is 0.480 e. The molecule has 1 saturated heterocycles. The number of pyridine rings is 1. The number of amides is 2. The molecule has 0 bridgehead atoms. The molecule has 1 fully saturated rings. The zero-order valence-electron chi connectivity index (χ0n) is 30.5. The van der Waals surface area contributed by atoms with Gasteiger partial charge in [0, 0.05) is 19.3 Å². The number of halogens is 15. The van der Waals surface area contributed by atoms with Crippen LogP contribution in [0.1, 0.15) is 34.8 Å². The first kappa shape index (κ1) is 49.9. The van der Waals surface area contributed by atoms with Crippen LogP contribution in [0.25, 0.3) is 0 Å². The number of nitrogens with two attached hydrogens (primary N) is 1. The van der Waals surface area contributed by atoms with E-state index in [9.17, 15) is 85.0 Å². The van der Waals surface area contributed by atoms with Gasteiger partial charge in [0.1, 0.15) is 12.6 Å². The Balaban J connectivity index is 1.87. The lowest BCUT2D eigenvalue weighted by molar-refractivity contribution is -0.450. The molecule has 2 amide bonds. The van der Waals surface area contributed by atoms with Crippen LogP contribution in [0.5, 0.6) is 0 Å². The van der Waals surface area contributed by atoms with E-state index < -0.39 is 125 Å². The van der Waals surface area contributed by atoms with Gasteiger partial charge in [-0.25, -0.2) is 8.42 Å². The van der Waals surface area contributed by atoms with Crippen LogP contribution in [0.2, 0.25) is 0 Å². The normalized spacial score (nSPS) is 18.6. The number of likely N-dealkylation sites (tertiary alicyclic amines) is 1. The van der Waals surface area contributed by atoms with Gasteiger partial charge in [-0.05, 0) is 50.5 Å². The summed E-state index contributed by atoms with van der Waals surface area (Å²) in [6.07, 6.45) is -9.57. The Bertz CT molecular complexity index is 2020. The number of carbonyl (C=O) groups is 3. The van der Waals surface area contributed by atoms with E-state index in [1.807, 2.05) is 10.0 Å². The number of aromatic nitrogens is 1. The van der Waals surface area contributed by atoms with Gasteiger partial charge in [-0.2, -0.15) is 70.6 Å². The fourth-order valence-electron chi connectivity index (χ4n) is 6.05. The second-order valence-electron chi connectivity index (χ2n) is 13.5. The Kier molecular flexibility index (Phi) is 14.0. The van der Waals surface area contributed by atoms with E-state index in [0.29, 0.717) is 5.56 Å². The number of hydrogen-bond donors (Lipinski definition) is 4. The number of aliphatic carboxylic acids is 1. The smallest absolute Gasteiger partial charge is 0.460 e. The lowest BCUT2D eigenvalue weighted by Gasteiger charge is -2.42. The Morgan fingerprint density at radius 1 is 0.867 bits per heavy atom. The number of ether oxygens (including phenoxy) is 1. The Morgan fingerprint density at radius 3 is 1.87 bits per heavy atom. The van der Waals surface area contributed by atoms with Crippen LogP contribution in [0.4, 0.5) is 65.9 Å². The molecule has 5 N–H and O–H groups in total. The van der Waals surface area contributed by atoms with Crippen LogP contribution < -0.4 is 15.8 Å². The van der Waals surface area contributed by atoms with E-state index in [0.717, 1.165) is 12.3 Å². The number of hydrogen-bond acceptors (Lipinski definition) is 8. The molecule has 1 aliphatic heterocycles. The highest BCUT2D eigenvalue weighted by atomic mass is 32.2. The van der Waals surface area contributed by atoms with Crippen LogP contribution in [0.15, 0.2) is 41.4 Å². The number of carboxylic acid groups (broad SMARTS) is 1. The maximum Gasteiger partial charge on any atom is 0.460 e. The summed E-state index contributed by atoms with van der Waals surface area (Å²) in [5.41, 5.74) is 6.70. The maximum absolute atomic E-state index is 15.1. The molecule has 0 saturated carbocycles. The topological polar surface area (TPSA) is 181 Å². The summed E-state index contributed by atoms with van der Waals surface area (Å²) in [5, 5.41) is 11.5. The van der Waals surface area contributed by atoms with Gasteiger partial charge >= 0.3 is 47.7 Å². The van der Waals surface area contributed by atoms with E-state index in [2.05, 4.69) is 4.98 Å². The molecular weight excluding hydrogens is 883 g/mol. The van der Waals surface area contributed by atoms with E-state index in [4.69, 9.17) is 10.5 Å². The average Bonchev–Trinajstić information content (AvgIpc) is 3.54. The molecule has 0 spiro atoms. The molecule has 2 heterocycles.